The Labute approximate surface area is 74.9 Å². The summed E-state index contributed by atoms with van der Waals surface area (Å²) in [7, 11) is 1.85. The lowest BCUT2D eigenvalue weighted by Crippen LogP contribution is -2.31. The van der Waals surface area contributed by atoms with E-state index in [1.807, 2.05) is 20.9 Å². The number of nitrogens with zero attached hydrogens (tertiary/aromatic N) is 1. The first-order valence-corrected chi connectivity index (χ1v) is 4.54. The minimum atomic E-state index is 0.105. The van der Waals surface area contributed by atoms with E-state index < -0.39 is 0 Å². The topological polar surface area (TPSA) is 46.3 Å². The predicted molar refractivity (Wildman–Crippen MR) is 50.8 cm³/mol. The van der Waals surface area contributed by atoms with Crippen molar-refractivity contribution in [3.05, 3.63) is 0 Å². The molecular formula is C9H20N2O. The lowest BCUT2D eigenvalue weighted by Gasteiger charge is -2.18. The molecule has 0 rings (SSSR count). The van der Waals surface area contributed by atoms with Crippen molar-refractivity contribution in [2.24, 2.45) is 11.7 Å². The van der Waals surface area contributed by atoms with Crippen LogP contribution < -0.4 is 5.73 Å². The van der Waals surface area contributed by atoms with Crippen LogP contribution in [0.5, 0.6) is 0 Å². The zero-order valence-corrected chi connectivity index (χ0v) is 8.34. The smallest absolute Gasteiger partial charge is 0.224 e. The van der Waals surface area contributed by atoms with Crippen molar-refractivity contribution in [1.29, 1.82) is 0 Å². The quantitative estimate of drug-likeness (QED) is 0.625. The normalized spacial score (nSPS) is 10.4. The molecule has 0 unspecified atom stereocenters. The van der Waals surface area contributed by atoms with Crippen LogP contribution in [0.4, 0.5) is 0 Å². The van der Waals surface area contributed by atoms with Crippen LogP contribution in [0.15, 0.2) is 0 Å². The second kappa shape index (κ2) is 6.00. The number of carbonyl (C=O) groups excluding carboxylic acids is 1. The molecule has 0 spiro atoms. The summed E-state index contributed by atoms with van der Waals surface area (Å²) < 4.78 is 0. The Hall–Kier alpha value is -0.570. The molecule has 3 heteroatoms. The van der Waals surface area contributed by atoms with Gasteiger partial charge in [-0.2, -0.15) is 0 Å². The summed E-state index contributed by atoms with van der Waals surface area (Å²) in [6, 6.07) is 0. The van der Waals surface area contributed by atoms with Gasteiger partial charge in [-0.3, -0.25) is 4.79 Å². The Morgan fingerprint density at radius 3 is 2.42 bits per heavy atom. The number of rotatable bonds is 5. The molecule has 0 bridgehead atoms. The van der Waals surface area contributed by atoms with Gasteiger partial charge in [0.2, 0.25) is 5.91 Å². The van der Waals surface area contributed by atoms with Gasteiger partial charge in [0.15, 0.2) is 0 Å². The van der Waals surface area contributed by atoms with Crippen LogP contribution in [0, 0.1) is 5.92 Å². The highest BCUT2D eigenvalue weighted by molar-refractivity contribution is 5.77. The molecule has 0 fully saturated rings. The molecular weight excluding hydrogens is 152 g/mol. The van der Waals surface area contributed by atoms with Gasteiger partial charge < -0.3 is 10.6 Å². The molecule has 3 nitrogen and oxygen atoms in total. The molecule has 0 saturated heterocycles. The standard InChI is InChI=1S/C9H20N2O/c1-8(2)9(12)11(3)7-5-4-6-10/h8H,4-7,10H2,1-3H3. The van der Waals surface area contributed by atoms with E-state index in [2.05, 4.69) is 0 Å². The largest absolute Gasteiger partial charge is 0.346 e. The second-order valence-electron chi connectivity index (χ2n) is 3.41. The van der Waals surface area contributed by atoms with Crippen molar-refractivity contribution in [3.8, 4) is 0 Å². The first-order valence-electron chi connectivity index (χ1n) is 4.54. The van der Waals surface area contributed by atoms with Gasteiger partial charge in [-0.1, -0.05) is 13.8 Å². The van der Waals surface area contributed by atoms with Crippen molar-refractivity contribution in [2.45, 2.75) is 26.7 Å². The van der Waals surface area contributed by atoms with Gasteiger partial charge in [0.1, 0.15) is 0 Å². The zero-order chi connectivity index (χ0) is 9.56. The number of hydrogen-bond acceptors (Lipinski definition) is 2. The Balaban J connectivity index is 3.57. The third-order valence-electron chi connectivity index (χ3n) is 1.82. The Bertz CT molecular complexity index is 134. The van der Waals surface area contributed by atoms with E-state index in [-0.39, 0.29) is 11.8 Å². The van der Waals surface area contributed by atoms with Crippen molar-refractivity contribution in [1.82, 2.24) is 4.90 Å². The predicted octanol–water partition coefficient (Wildman–Crippen LogP) is 0.840. The molecule has 0 aliphatic heterocycles. The maximum atomic E-state index is 11.3. The van der Waals surface area contributed by atoms with Crippen LogP contribution in [-0.2, 0) is 4.79 Å². The lowest BCUT2D eigenvalue weighted by molar-refractivity contribution is -0.133. The highest BCUT2D eigenvalue weighted by Crippen LogP contribution is 2.00. The molecule has 0 radical (unpaired) electrons. The van der Waals surface area contributed by atoms with Gasteiger partial charge in [-0.05, 0) is 19.4 Å². The first kappa shape index (κ1) is 11.4. The van der Waals surface area contributed by atoms with E-state index in [0.717, 1.165) is 19.4 Å². The molecule has 0 atom stereocenters. The summed E-state index contributed by atoms with van der Waals surface area (Å²) in [4.78, 5) is 13.1. The number of amides is 1. The minimum Gasteiger partial charge on any atom is -0.346 e. The highest BCUT2D eigenvalue weighted by Gasteiger charge is 2.11. The van der Waals surface area contributed by atoms with E-state index in [1.165, 1.54) is 0 Å². The molecule has 0 aliphatic carbocycles. The number of unbranched alkanes of at least 4 members (excludes halogenated alkanes) is 1. The van der Waals surface area contributed by atoms with Gasteiger partial charge in [0.25, 0.3) is 0 Å². The SMILES string of the molecule is CC(C)C(=O)N(C)CCCCN. The van der Waals surface area contributed by atoms with Gasteiger partial charge in [0, 0.05) is 19.5 Å². The summed E-state index contributed by atoms with van der Waals surface area (Å²) in [6.07, 6.45) is 2.00. The summed E-state index contributed by atoms with van der Waals surface area (Å²) in [6.45, 7) is 5.38. The maximum Gasteiger partial charge on any atom is 0.224 e. The highest BCUT2D eigenvalue weighted by atomic mass is 16.2. The number of nitrogens with two attached hydrogens (primary N) is 1. The zero-order valence-electron chi connectivity index (χ0n) is 8.34. The van der Waals surface area contributed by atoms with Crippen LogP contribution in [0.1, 0.15) is 26.7 Å². The maximum absolute atomic E-state index is 11.3. The van der Waals surface area contributed by atoms with Crippen molar-refractivity contribution >= 4 is 5.91 Å². The lowest BCUT2D eigenvalue weighted by atomic mass is 10.2. The molecule has 0 aliphatic rings. The second-order valence-corrected chi connectivity index (χ2v) is 3.41. The first-order chi connectivity index (χ1) is 5.59. The summed E-state index contributed by atoms with van der Waals surface area (Å²) >= 11 is 0. The third kappa shape index (κ3) is 4.34. The fourth-order valence-electron chi connectivity index (χ4n) is 1.04. The van der Waals surface area contributed by atoms with Gasteiger partial charge in [-0.15, -0.1) is 0 Å². The van der Waals surface area contributed by atoms with E-state index in [9.17, 15) is 4.79 Å². The Kier molecular flexibility index (Phi) is 5.72. The average Bonchev–Trinajstić information content (AvgIpc) is 2.03. The van der Waals surface area contributed by atoms with Crippen LogP contribution >= 0.6 is 0 Å². The van der Waals surface area contributed by atoms with E-state index >= 15 is 0 Å². The molecule has 72 valence electrons. The van der Waals surface area contributed by atoms with Crippen LogP contribution in [0.3, 0.4) is 0 Å². The molecule has 0 aromatic heterocycles. The molecule has 12 heavy (non-hydrogen) atoms. The third-order valence-corrected chi connectivity index (χ3v) is 1.82. The Morgan fingerprint density at radius 1 is 1.42 bits per heavy atom. The van der Waals surface area contributed by atoms with Crippen LogP contribution in [0.2, 0.25) is 0 Å². The molecule has 1 amide bonds. The van der Waals surface area contributed by atoms with E-state index in [4.69, 9.17) is 5.73 Å². The van der Waals surface area contributed by atoms with Crippen molar-refractivity contribution in [2.75, 3.05) is 20.1 Å². The number of hydrogen-bond donors (Lipinski definition) is 1. The molecule has 0 heterocycles. The fourth-order valence-corrected chi connectivity index (χ4v) is 1.04. The van der Waals surface area contributed by atoms with Crippen molar-refractivity contribution < 1.29 is 4.79 Å². The van der Waals surface area contributed by atoms with Crippen LogP contribution in [0.25, 0.3) is 0 Å². The van der Waals surface area contributed by atoms with E-state index in [0.29, 0.717) is 6.54 Å². The molecule has 0 saturated carbocycles. The molecule has 0 aromatic carbocycles. The summed E-state index contributed by atoms with van der Waals surface area (Å²) in [5.74, 6) is 0.319. The van der Waals surface area contributed by atoms with E-state index in [1.54, 1.807) is 4.90 Å². The molecule has 2 N–H and O–H groups in total. The fraction of sp³-hybridized carbons (Fsp3) is 0.889. The summed E-state index contributed by atoms with van der Waals surface area (Å²) in [5.41, 5.74) is 5.35. The molecule has 0 aromatic rings. The monoisotopic (exact) mass is 172 g/mol. The average molecular weight is 172 g/mol. The summed E-state index contributed by atoms with van der Waals surface area (Å²) in [5, 5.41) is 0. The van der Waals surface area contributed by atoms with Gasteiger partial charge in [-0.25, -0.2) is 0 Å². The minimum absolute atomic E-state index is 0.105. The van der Waals surface area contributed by atoms with Crippen LogP contribution in [-0.4, -0.2) is 30.9 Å². The van der Waals surface area contributed by atoms with Gasteiger partial charge >= 0.3 is 0 Å². The Morgan fingerprint density at radius 2 is 2.00 bits per heavy atom. The number of carbonyl (C=O) groups is 1. The van der Waals surface area contributed by atoms with Gasteiger partial charge in [0.05, 0.1) is 0 Å². The van der Waals surface area contributed by atoms with Crippen molar-refractivity contribution in [3.63, 3.8) is 0 Å².